The van der Waals surface area contributed by atoms with Crippen LogP contribution >= 0.6 is 0 Å². The predicted molar refractivity (Wildman–Crippen MR) is 60.1 cm³/mol. The van der Waals surface area contributed by atoms with Crippen molar-refractivity contribution >= 4 is 12.1 Å². The van der Waals surface area contributed by atoms with Gasteiger partial charge in [-0.15, -0.1) is 6.58 Å². The number of carboxylic acid groups (broad SMARTS) is 1. The molecule has 0 aliphatic heterocycles. The molecule has 1 amide bonds. The smallest absolute Gasteiger partial charge is 0.408 e. The summed E-state index contributed by atoms with van der Waals surface area (Å²) in [6, 6.07) is -0.564. The van der Waals surface area contributed by atoms with Gasteiger partial charge in [-0.05, 0) is 20.8 Å². The molecule has 0 radical (unpaired) electrons. The average molecular weight is 227 g/mol. The van der Waals surface area contributed by atoms with Crippen LogP contribution in [0.5, 0.6) is 0 Å². The molecule has 0 aliphatic rings. The molecule has 0 aliphatic carbocycles. The molecule has 0 bridgehead atoms. The summed E-state index contributed by atoms with van der Waals surface area (Å²) < 4.78 is 5.00. The fraction of sp³-hybridized carbons (Fsp3) is 0.455. The molecule has 0 rings (SSSR count). The Morgan fingerprint density at radius 3 is 2.38 bits per heavy atom. The monoisotopic (exact) mass is 227 g/mol. The number of carbonyl (C=O) groups is 2. The maximum atomic E-state index is 11.3. The van der Waals surface area contributed by atoms with E-state index < -0.39 is 23.7 Å². The number of rotatable bonds is 4. The first-order chi connectivity index (χ1) is 7.24. The quantitative estimate of drug-likeness (QED) is 0.566. The average Bonchev–Trinajstić information content (AvgIpc) is 2.08. The number of aliphatic carboxylic acids is 1. The van der Waals surface area contributed by atoms with E-state index in [0.29, 0.717) is 0 Å². The van der Waals surface area contributed by atoms with E-state index in [0.717, 1.165) is 6.08 Å². The number of carboxylic acids is 1. The Kier molecular flexibility index (Phi) is 5.29. The Hall–Kier alpha value is -1.78. The van der Waals surface area contributed by atoms with Crippen molar-refractivity contribution < 1.29 is 19.4 Å². The Morgan fingerprint density at radius 2 is 2.00 bits per heavy atom. The highest BCUT2D eigenvalue weighted by atomic mass is 16.6. The van der Waals surface area contributed by atoms with Crippen molar-refractivity contribution in [2.75, 3.05) is 0 Å². The van der Waals surface area contributed by atoms with Crippen molar-refractivity contribution in [1.82, 2.24) is 5.32 Å². The number of nitrogens with one attached hydrogen (secondary N) is 1. The molecule has 0 saturated carbocycles. The standard InChI is InChI=1S/C11H17NO4/c1-5-8(6-7-9(13)14)12-10(15)16-11(2,3)4/h5-8H,1H2,2-4H3,(H,12,15)(H,13,14)/b7-6+. The van der Waals surface area contributed by atoms with E-state index >= 15 is 0 Å². The van der Waals surface area contributed by atoms with Gasteiger partial charge < -0.3 is 15.2 Å². The normalized spacial score (nSPS) is 13.2. The highest BCUT2D eigenvalue weighted by Crippen LogP contribution is 2.06. The molecule has 0 heterocycles. The number of hydrogen-bond donors (Lipinski definition) is 2. The summed E-state index contributed by atoms with van der Waals surface area (Å²) in [7, 11) is 0. The first-order valence-corrected chi connectivity index (χ1v) is 4.78. The van der Waals surface area contributed by atoms with Crippen LogP contribution in [0.3, 0.4) is 0 Å². The van der Waals surface area contributed by atoms with Crippen LogP contribution in [0.2, 0.25) is 0 Å². The molecule has 0 aromatic rings. The Balaban J connectivity index is 4.28. The summed E-state index contributed by atoms with van der Waals surface area (Å²) in [6.45, 7) is 8.69. The van der Waals surface area contributed by atoms with Crippen LogP contribution in [-0.4, -0.2) is 28.8 Å². The number of hydrogen-bond acceptors (Lipinski definition) is 3. The summed E-state index contributed by atoms with van der Waals surface area (Å²) in [4.78, 5) is 21.6. The first kappa shape index (κ1) is 14.2. The lowest BCUT2D eigenvalue weighted by molar-refractivity contribution is -0.131. The second-order valence-electron chi connectivity index (χ2n) is 4.11. The molecule has 1 unspecified atom stereocenters. The Labute approximate surface area is 94.8 Å². The molecule has 1 atom stereocenters. The minimum atomic E-state index is -1.09. The maximum absolute atomic E-state index is 11.3. The van der Waals surface area contributed by atoms with E-state index in [-0.39, 0.29) is 0 Å². The largest absolute Gasteiger partial charge is 0.478 e. The Bertz CT molecular complexity index is 302. The van der Waals surface area contributed by atoms with Crippen molar-refractivity contribution in [2.24, 2.45) is 0 Å². The zero-order valence-corrected chi connectivity index (χ0v) is 9.69. The van der Waals surface area contributed by atoms with Gasteiger partial charge in [-0.25, -0.2) is 9.59 Å². The lowest BCUT2D eigenvalue weighted by Crippen LogP contribution is -2.37. The van der Waals surface area contributed by atoms with Gasteiger partial charge in [0.25, 0.3) is 0 Å². The third-order valence-electron chi connectivity index (χ3n) is 1.38. The Morgan fingerprint density at radius 1 is 1.44 bits per heavy atom. The van der Waals surface area contributed by atoms with Gasteiger partial charge in [-0.1, -0.05) is 12.2 Å². The molecule has 0 saturated heterocycles. The summed E-state index contributed by atoms with van der Waals surface area (Å²) in [5.41, 5.74) is -0.591. The number of ether oxygens (including phenoxy) is 1. The number of alkyl carbamates (subject to hydrolysis) is 1. The molecule has 5 nitrogen and oxygen atoms in total. The van der Waals surface area contributed by atoms with Crippen molar-refractivity contribution in [2.45, 2.75) is 32.4 Å². The first-order valence-electron chi connectivity index (χ1n) is 4.78. The van der Waals surface area contributed by atoms with Crippen LogP contribution in [-0.2, 0) is 9.53 Å². The molecule has 0 aromatic carbocycles. The van der Waals surface area contributed by atoms with Gasteiger partial charge in [0.1, 0.15) is 5.60 Å². The minimum Gasteiger partial charge on any atom is -0.478 e. The van der Waals surface area contributed by atoms with Crippen LogP contribution < -0.4 is 5.32 Å². The maximum Gasteiger partial charge on any atom is 0.408 e. The highest BCUT2D eigenvalue weighted by Gasteiger charge is 2.17. The second-order valence-corrected chi connectivity index (χ2v) is 4.11. The third kappa shape index (κ3) is 7.61. The zero-order chi connectivity index (χ0) is 12.8. The summed E-state index contributed by atoms with van der Waals surface area (Å²) >= 11 is 0. The molecule has 2 N–H and O–H groups in total. The van der Waals surface area contributed by atoms with Crippen molar-refractivity contribution in [1.29, 1.82) is 0 Å². The van der Waals surface area contributed by atoms with E-state index in [1.54, 1.807) is 20.8 Å². The van der Waals surface area contributed by atoms with Gasteiger partial charge >= 0.3 is 12.1 Å². The topological polar surface area (TPSA) is 75.6 Å². The summed E-state index contributed by atoms with van der Waals surface area (Å²) in [5, 5.41) is 10.9. The van der Waals surface area contributed by atoms with Gasteiger partial charge in [0, 0.05) is 6.08 Å². The highest BCUT2D eigenvalue weighted by molar-refractivity contribution is 5.80. The third-order valence-corrected chi connectivity index (χ3v) is 1.38. The van der Waals surface area contributed by atoms with Gasteiger partial charge in [0.05, 0.1) is 6.04 Å². The van der Waals surface area contributed by atoms with Crippen LogP contribution in [0.25, 0.3) is 0 Å². The molecule has 0 spiro atoms. The van der Waals surface area contributed by atoms with E-state index in [1.165, 1.54) is 12.2 Å². The molecule has 0 fully saturated rings. The van der Waals surface area contributed by atoms with Crippen LogP contribution in [0.15, 0.2) is 24.8 Å². The molecule has 16 heavy (non-hydrogen) atoms. The lowest BCUT2D eigenvalue weighted by Gasteiger charge is -2.21. The van der Waals surface area contributed by atoms with Gasteiger partial charge in [0.15, 0.2) is 0 Å². The minimum absolute atomic E-state index is 0.564. The molecule has 0 aromatic heterocycles. The number of carbonyl (C=O) groups excluding carboxylic acids is 1. The number of amides is 1. The van der Waals surface area contributed by atoms with E-state index in [1.807, 2.05) is 0 Å². The van der Waals surface area contributed by atoms with Crippen LogP contribution in [0.4, 0.5) is 4.79 Å². The van der Waals surface area contributed by atoms with Crippen molar-refractivity contribution in [3.63, 3.8) is 0 Å². The fourth-order valence-corrected chi connectivity index (χ4v) is 0.815. The van der Waals surface area contributed by atoms with Crippen molar-refractivity contribution in [3.05, 3.63) is 24.8 Å². The predicted octanol–water partition coefficient (Wildman–Crippen LogP) is 1.71. The van der Waals surface area contributed by atoms with Crippen LogP contribution in [0.1, 0.15) is 20.8 Å². The molecule has 90 valence electrons. The van der Waals surface area contributed by atoms with E-state index in [4.69, 9.17) is 9.84 Å². The van der Waals surface area contributed by atoms with Crippen LogP contribution in [0, 0.1) is 0 Å². The van der Waals surface area contributed by atoms with Gasteiger partial charge in [-0.2, -0.15) is 0 Å². The summed E-state index contributed by atoms with van der Waals surface area (Å²) in [6.07, 6.45) is 3.03. The summed E-state index contributed by atoms with van der Waals surface area (Å²) in [5.74, 6) is -1.09. The fourth-order valence-electron chi connectivity index (χ4n) is 0.815. The zero-order valence-electron chi connectivity index (χ0n) is 9.69. The second kappa shape index (κ2) is 5.95. The molecular formula is C11H17NO4. The SMILES string of the molecule is C=CC(/C=C/C(=O)O)NC(=O)OC(C)(C)C. The van der Waals surface area contributed by atoms with E-state index in [2.05, 4.69) is 11.9 Å². The lowest BCUT2D eigenvalue weighted by atomic mass is 10.2. The van der Waals surface area contributed by atoms with Gasteiger partial charge in [0.2, 0.25) is 0 Å². The van der Waals surface area contributed by atoms with Gasteiger partial charge in [-0.3, -0.25) is 0 Å². The van der Waals surface area contributed by atoms with E-state index in [9.17, 15) is 9.59 Å². The van der Waals surface area contributed by atoms with Crippen molar-refractivity contribution in [3.8, 4) is 0 Å². The molecule has 5 heteroatoms. The molecular weight excluding hydrogens is 210 g/mol.